The van der Waals surface area contributed by atoms with E-state index in [-0.39, 0.29) is 12.4 Å². The summed E-state index contributed by atoms with van der Waals surface area (Å²) in [6.45, 7) is 4.62. The highest BCUT2D eigenvalue weighted by atomic mass is 35.5. The van der Waals surface area contributed by atoms with E-state index < -0.39 is 0 Å². The smallest absolute Gasteiger partial charge is 0.222 e. The van der Waals surface area contributed by atoms with Gasteiger partial charge in [-0.3, -0.25) is 14.7 Å². The van der Waals surface area contributed by atoms with Crippen LogP contribution in [0.4, 0.5) is 0 Å². The zero-order valence-electron chi connectivity index (χ0n) is 14.8. The minimum Gasteiger partial charge on any atom is -0.340 e. The Morgan fingerprint density at radius 3 is 2.52 bits per heavy atom. The highest BCUT2D eigenvalue weighted by Crippen LogP contribution is 2.33. The van der Waals surface area contributed by atoms with Gasteiger partial charge in [-0.2, -0.15) is 0 Å². The van der Waals surface area contributed by atoms with Crippen molar-refractivity contribution >= 4 is 18.3 Å². The number of carbonyl (C=O) groups excluding carboxylic acids is 1. The van der Waals surface area contributed by atoms with Crippen LogP contribution in [0.1, 0.15) is 37.7 Å². The van der Waals surface area contributed by atoms with Gasteiger partial charge in [0.2, 0.25) is 5.91 Å². The minimum atomic E-state index is 0. The lowest BCUT2D eigenvalue weighted by Gasteiger charge is -2.36. The maximum Gasteiger partial charge on any atom is 0.222 e. The molecule has 2 atom stereocenters. The molecule has 0 aliphatic carbocycles. The molecule has 1 aromatic rings. The quantitative estimate of drug-likeness (QED) is 0.888. The average Bonchev–Trinajstić information content (AvgIpc) is 2.95. The molecule has 1 amide bonds. The second-order valence-electron chi connectivity index (χ2n) is 7.70. The molecule has 2 bridgehead atoms. The first-order chi connectivity index (χ1) is 11.8. The van der Waals surface area contributed by atoms with Crippen LogP contribution >= 0.6 is 12.4 Å². The zero-order chi connectivity index (χ0) is 16.4. The van der Waals surface area contributed by atoms with Gasteiger partial charge in [-0.15, -0.1) is 12.4 Å². The van der Waals surface area contributed by atoms with Gasteiger partial charge in [0.15, 0.2) is 0 Å². The summed E-state index contributed by atoms with van der Waals surface area (Å²) in [6.07, 6.45) is 9.52. The molecule has 6 heteroatoms. The molecule has 4 heterocycles. The molecule has 3 aliphatic heterocycles. The number of rotatable bonds is 4. The van der Waals surface area contributed by atoms with Crippen LogP contribution < -0.4 is 5.32 Å². The van der Waals surface area contributed by atoms with Crippen LogP contribution in [-0.4, -0.2) is 59.0 Å². The number of hydrogen-bond donors (Lipinski definition) is 1. The Labute approximate surface area is 156 Å². The predicted molar refractivity (Wildman–Crippen MR) is 101 cm³/mol. The van der Waals surface area contributed by atoms with E-state index in [1.807, 2.05) is 18.5 Å². The van der Waals surface area contributed by atoms with E-state index >= 15 is 0 Å². The molecular weight excluding hydrogens is 336 g/mol. The number of hydrogen-bond acceptors (Lipinski definition) is 4. The molecule has 0 aromatic carbocycles. The number of aromatic nitrogens is 1. The highest BCUT2D eigenvalue weighted by Gasteiger charge is 2.35. The summed E-state index contributed by atoms with van der Waals surface area (Å²) in [5.74, 6) is 0.979. The van der Waals surface area contributed by atoms with Gasteiger partial charge in [-0.25, -0.2) is 0 Å². The average molecular weight is 365 g/mol. The number of pyridine rings is 1. The number of amides is 1. The summed E-state index contributed by atoms with van der Waals surface area (Å²) in [6, 6.07) is 5.47. The Kier molecular flexibility index (Phi) is 6.31. The summed E-state index contributed by atoms with van der Waals surface area (Å²) in [5, 5.41) is 3.67. The third kappa shape index (κ3) is 4.72. The molecule has 3 fully saturated rings. The topological polar surface area (TPSA) is 48.5 Å². The second kappa shape index (κ2) is 8.47. The molecule has 0 saturated carbocycles. The standard InChI is InChI=1S/C19H28N4O.ClH/c24-19(12-16-10-17-3-4-18(11-16)21-17)23-8-6-22(7-9-23)14-15-2-1-5-20-13-15;/h1-2,5,13,16-18,21H,3-4,6-12,14H2;1H. The van der Waals surface area contributed by atoms with E-state index in [9.17, 15) is 4.79 Å². The van der Waals surface area contributed by atoms with Crippen molar-refractivity contribution in [1.82, 2.24) is 20.1 Å². The lowest BCUT2D eigenvalue weighted by molar-refractivity contribution is -0.134. The third-order valence-corrected chi connectivity index (χ3v) is 5.89. The fraction of sp³-hybridized carbons (Fsp3) is 0.684. The highest BCUT2D eigenvalue weighted by molar-refractivity contribution is 5.85. The van der Waals surface area contributed by atoms with E-state index in [4.69, 9.17) is 0 Å². The summed E-state index contributed by atoms with van der Waals surface area (Å²) in [4.78, 5) is 21.3. The number of halogens is 1. The van der Waals surface area contributed by atoms with Gasteiger partial charge in [-0.05, 0) is 43.2 Å². The van der Waals surface area contributed by atoms with Crippen LogP contribution in [0.15, 0.2) is 24.5 Å². The normalized spacial score (nSPS) is 29.3. The Morgan fingerprint density at radius 2 is 1.88 bits per heavy atom. The van der Waals surface area contributed by atoms with Crippen LogP contribution in [-0.2, 0) is 11.3 Å². The van der Waals surface area contributed by atoms with E-state index in [0.29, 0.717) is 23.9 Å². The van der Waals surface area contributed by atoms with Crippen molar-refractivity contribution in [1.29, 1.82) is 0 Å². The molecule has 3 aliphatic rings. The number of fused-ring (bicyclic) bond motifs is 2. The maximum absolute atomic E-state index is 12.6. The number of nitrogens with one attached hydrogen (secondary N) is 1. The molecule has 5 nitrogen and oxygen atoms in total. The maximum atomic E-state index is 12.6. The molecule has 4 rings (SSSR count). The number of piperazine rings is 1. The second-order valence-corrected chi connectivity index (χ2v) is 7.70. The van der Waals surface area contributed by atoms with Crippen molar-refractivity contribution in [3.8, 4) is 0 Å². The summed E-state index contributed by atoms with van der Waals surface area (Å²) < 4.78 is 0. The van der Waals surface area contributed by atoms with E-state index in [2.05, 4.69) is 26.2 Å². The Hall–Kier alpha value is -1.17. The fourth-order valence-corrected chi connectivity index (χ4v) is 4.62. The molecule has 1 N–H and O–H groups in total. The van der Waals surface area contributed by atoms with Crippen molar-refractivity contribution in [2.75, 3.05) is 26.2 Å². The minimum absolute atomic E-state index is 0. The number of nitrogens with zero attached hydrogens (tertiary/aromatic N) is 3. The lowest BCUT2D eigenvalue weighted by Crippen LogP contribution is -2.49. The van der Waals surface area contributed by atoms with Crippen LogP contribution in [0, 0.1) is 5.92 Å². The first-order valence-corrected chi connectivity index (χ1v) is 9.41. The number of carbonyl (C=O) groups is 1. The molecular formula is C19H29ClN4O. The van der Waals surface area contributed by atoms with Gasteiger partial charge in [0.25, 0.3) is 0 Å². The van der Waals surface area contributed by atoms with Crippen molar-refractivity contribution in [2.45, 2.75) is 50.7 Å². The van der Waals surface area contributed by atoms with Gasteiger partial charge in [0.05, 0.1) is 0 Å². The van der Waals surface area contributed by atoms with E-state index in [1.165, 1.54) is 31.2 Å². The molecule has 1 aromatic heterocycles. The first kappa shape index (κ1) is 18.6. The molecule has 2 unspecified atom stereocenters. The fourth-order valence-electron chi connectivity index (χ4n) is 4.62. The van der Waals surface area contributed by atoms with Gasteiger partial charge in [0.1, 0.15) is 0 Å². The van der Waals surface area contributed by atoms with Crippen molar-refractivity contribution in [3.63, 3.8) is 0 Å². The van der Waals surface area contributed by atoms with Crippen LogP contribution in [0.3, 0.4) is 0 Å². The van der Waals surface area contributed by atoms with Crippen LogP contribution in [0.25, 0.3) is 0 Å². The molecule has 3 saturated heterocycles. The predicted octanol–water partition coefficient (Wildman–Crippen LogP) is 2.07. The monoisotopic (exact) mass is 364 g/mol. The van der Waals surface area contributed by atoms with Crippen LogP contribution in [0.2, 0.25) is 0 Å². The van der Waals surface area contributed by atoms with Crippen molar-refractivity contribution in [3.05, 3.63) is 30.1 Å². The van der Waals surface area contributed by atoms with Gasteiger partial charge in [0, 0.05) is 63.6 Å². The van der Waals surface area contributed by atoms with Gasteiger partial charge in [-0.1, -0.05) is 6.07 Å². The lowest BCUT2D eigenvalue weighted by atomic mass is 9.89. The largest absolute Gasteiger partial charge is 0.340 e. The third-order valence-electron chi connectivity index (χ3n) is 5.89. The summed E-state index contributed by atoms with van der Waals surface area (Å²) in [7, 11) is 0. The van der Waals surface area contributed by atoms with Crippen molar-refractivity contribution in [2.24, 2.45) is 5.92 Å². The molecule has 0 radical (unpaired) electrons. The number of piperidine rings is 1. The Bertz CT molecular complexity index is 550. The van der Waals surface area contributed by atoms with Crippen molar-refractivity contribution < 1.29 is 4.79 Å². The summed E-state index contributed by atoms with van der Waals surface area (Å²) in [5.41, 5.74) is 1.25. The van der Waals surface area contributed by atoms with E-state index in [1.54, 1.807) is 0 Å². The van der Waals surface area contributed by atoms with E-state index in [0.717, 1.165) is 39.1 Å². The Morgan fingerprint density at radius 1 is 1.16 bits per heavy atom. The molecule has 138 valence electrons. The Balaban J connectivity index is 0.00000182. The SMILES string of the molecule is Cl.O=C(CC1CC2CCC(C1)N2)N1CCN(Cc2cccnc2)CC1. The summed E-state index contributed by atoms with van der Waals surface area (Å²) >= 11 is 0. The van der Waals surface area contributed by atoms with Crippen LogP contribution in [0.5, 0.6) is 0 Å². The zero-order valence-corrected chi connectivity index (χ0v) is 15.6. The van der Waals surface area contributed by atoms with Gasteiger partial charge >= 0.3 is 0 Å². The molecule has 0 spiro atoms. The van der Waals surface area contributed by atoms with Gasteiger partial charge < -0.3 is 10.2 Å². The first-order valence-electron chi connectivity index (χ1n) is 9.41. The molecule has 25 heavy (non-hydrogen) atoms.